The van der Waals surface area contributed by atoms with Gasteiger partial charge in [0.05, 0.1) is 30.6 Å². The number of nitrogens with one attached hydrogen (secondary N) is 1. The van der Waals surface area contributed by atoms with Gasteiger partial charge in [-0.3, -0.25) is 0 Å². The number of aromatic nitrogens is 5. The zero-order valence-corrected chi connectivity index (χ0v) is 18.5. The summed E-state index contributed by atoms with van der Waals surface area (Å²) < 4.78 is 19.3. The van der Waals surface area contributed by atoms with Crippen LogP contribution in [0.1, 0.15) is 10.5 Å². The van der Waals surface area contributed by atoms with E-state index in [9.17, 15) is 14.3 Å². The molecule has 12 heteroatoms. The van der Waals surface area contributed by atoms with E-state index < -0.39 is 12.6 Å². The van der Waals surface area contributed by atoms with Crippen molar-refractivity contribution in [2.45, 2.75) is 6.54 Å². The van der Waals surface area contributed by atoms with Crippen LogP contribution in [-0.4, -0.2) is 49.8 Å². The predicted octanol–water partition coefficient (Wildman–Crippen LogP) is 2.81. The molecule has 0 aliphatic rings. The predicted molar refractivity (Wildman–Crippen MR) is 95.3 cm³/mol. The summed E-state index contributed by atoms with van der Waals surface area (Å²) in [6, 6.07) is 6.47. The third-order valence-corrected chi connectivity index (χ3v) is 3.73. The molecule has 0 bridgehead atoms. The smallest absolute Gasteiger partial charge is 0.358 e. The van der Waals surface area contributed by atoms with Crippen LogP contribution < -0.4 is 10.1 Å². The quantitative estimate of drug-likeness (QED) is 0.520. The molecule has 2 N–H and O–H groups in total. The number of methoxy groups -OCH3 is 1. The van der Waals surface area contributed by atoms with Crippen molar-refractivity contribution < 1.29 is 38.5 Å². The SMILES string of the molecule is COc1c(Nc2cc(Cl)nnc2C(=O)O)cccc1-c1ncn(CCF)n1.[Zn]. The summed E-state index contributed by atoms with van der Waals surface area (Å²) in [5.74, 6) is -0.545. The largest absolute Gasteiger partial charge is 0.494 e. The molecule has 0 radical (unpaired) electrons. The van der Waals surface area contributed by atoms with Crippen LogP contribution in [0.4, 0.5) is 15.8 Å². The summed E-state index contributed by atoms with van der Waals surface area (Å²) in [5.41, 5.74) is 0.847. The van der Waals surface area contributed by atoms with E-state index in [0.717, 1.165) is 0 Å². The Balaban J connectivity index is 0.00000280. The van der Waals surface area contributed by atoms with Crippen molar-refractivity contribution in [3.8, 4) is 17.1 Å². The van der Waals surface area contributed by atoms with Crippen LogP contribution in [0, 0.1) is 0 Å². The molecule has 142 valence electrons. The number of benzene rings is 1. The Kier molecular flexibility index (Phi) is 7.36. The Bertz CT molecular complexity index is 987. The van der Waals surface area contributed by atoms with E-state index >= 15 is 0 Å². The third-order valence-electron chi connectivity index (χ3n) is 3.55. The molecule has 0 spiro atoms. The summed E-state index contributed by atoms with van der Waals surface area (Å²) in [7, 11) is 1.46. The molecule has 1 aromatic carbocycles. The van der Waals surface area contributed by atoms with Crippen molar-refractivity contribution in [3.63, 3.8) is 0 Å². The standard InChI is InChI=1S/C16H14ClFN6O3.Zn/c1-27-14-9(15-19-8-24(23-15)6-5-18)3-2-4-10(14)20-11-7-12(17)21-22-13(11)16(25)26;/h2-4,7-8H,5-6H2,1H3,(H,20,21)(H,25,26);. The fourth-order valence-corrected chi connectivity index (χ4v) is 2.56. The average Bonchev–Trinajstić information content (AvgIpc) is 3.10. The topological polar surface area (TPSA) is 115 Å². The first-order chi connectivity index (χ1) is 13.0. The van der Waals surface area contributed by atoms with E-state index in [4.69, 9.17) is 16.3 Å². The van der Waals surface area contributed by atoms with E-state index in [1.165, 1.54) is 24.2 Å². The number of anilines is 2. The number of alkyl halides is 1. The van der Waals surface area contributed by atoms with Gasteiger partial charge in [0.2, 0.25) is 0 Å². The fraction of sp³-hybridized carbons (Fsp3) is 0.188. The Labute approximate surface area is 176 Å². The van der Waals surface area contributed by atoms with Crippen LogP contribution in [0.15, 0.2) is 30.6 Å². The van der Waals surface area contributed by atoms with Crippen LogP contribution in [-0.2, 0) is 26.0 Å². The molecule has 0 saturated carbocycles. The molecule has 3 rings (SSSR count). The molecule has 0 aliphatic heterocycles. The summed E-state index contributed by atoms with van der Waals surface area (Å²) in [6.45, 7) is -0.467. The summed E-state index contributed by atoms with van der Waals surface area (Å²) in [5, 5.41) is 23.6. The molecule has 9 nitrogen and oxygen atoms in total. The second-order valence-corrected chi connectivity index (χ2v) is 5.65. The second kappa shape index (κ2) is 9.52. The van der Waals surface area contributed by atoms with Gasteiger partial charge in [0, 0.05) is 25.5 Å². The van der Waals surface area contributed by atoms with Crippen molar-refractivity contribution in [3.05, 3.63) is 41.4 Å². The first-order valence-corrected chi connectivity index (χ1v) is 8.07. The first kappa shape index (κ1) is 21.7. The molecule has 0 saturated heterocycles. The third kappa shape index (κ3) is 4.60. The molecule has 0 atom stereocenters. The van der Waals surface area contributed by atoms with E-state index in [-0.39, 0.29) is 42.6 Å². The monoisotopic (exact) mass is 456 g/mol. The van der Waals surface area contributed by atoms with Gasteiger partial charge in [-0.05, 0) is 12.1 Å². The number of nitrogens with zero attached hydrogens (tertiary/aromatic N) is 5. The molecular formula is C16H14ClFN6O3Zn. The Hall–Kier alpha value is -2.65. The van der Waals surface area contributed by atoms with E-state index in [1.54, 1.807) is 18.2 Å². The number of rotatable bonds is 7. The van der Waals surface area contributed by atoms with Gasteiger partial charge < -0.3 is 15.2 Å². The van der Waals surface area contributed by atoms with Crippen LogP contribution >= 0.6 is 11.6 Å². The van der Waals surface area contributed by atoms with Crippen molar-refractivity contribution in [2.24, 2.45) is 0 Å². The number of aryl methyl sites for hydroxylation is 1. The number of aromatic carboxylic acids is 1. The maximum atomic E-state index is 12.5. The zero-order valence-electron chi connectivity index (χ0n) is 14.8. The maximum absolute atomic E-state index is 12.5. The van der Waals surface area contributed by atoms with Gasteiger partial charge in [-0.1, -0.05) is 17.7 Å². The summed E-state index contributed by atoms with van der Waals surface area (Å²) in [4.78, 5) is 15.5. The zero-order chi connectivity index (χ0) is 19.4. The van der Waals surface area contributed by atoms with Crippen LogP contribution in [0.2, 0.25) is 5.15 Å². The van der Waals surface area contributed by atoms with E-state index in [2.05, 4.69) is 25.6 Å². The van der Waals surface area contributed by atoms with Crippen LogP contribution in [0.3, 0.4) is 0 Å². The Morgan fingerprint density at radius 3 is 2.82 bits per heavy atom. The van der Waals surface area contributed by atoms with Gasteiger partial charge in [0.15, 0.2) is 22.4 Å². The molecule has 3 aromatic rings. The van der Waals surface area contributed by atoms with E-state index in [0.29, 0.717) is 22.8 Å². The van der Waals surface area contributed by atoms with Gasteiger partial charge in [-0.2, -0.15) is 5.10 Å². The number of para-hydroxylation sites is 1. The van der Waals surface area contributed by atoms with Crippen molar-refractivity contribution in [1.82, 2.24) is 25.0 Å². The second-order valence-electron chi connectivity index (χ2n) is 5.27. The van der Waals surface area contributed by atoms with Crippen LogP contribution in [0.25, 0.3) is 11.4 Å². The number of carboxylic acid groups (broad SMARTS) is 1. The molecular weight excluding hydrogens is 444 g/mol. The molecule has 0 aliphatic carbocycles. The normalized spacial score (nSPS) is 10.2. The minimum atomic E-state index is -1.26. The number of ether oxygens (including phenoxy) is 1. The van der Waals surface area contributed by atoms with Gasteiger partial charge in [-0.25, -0.2) is 18.9 Å². The maximum Gasteiger partial charge on any atom is 0.358 e. The van der Waals surface area contributed by atoms with Gasteiger partial charge in [-0.15, -0.1) is 10.2 Å². The number of hydrogen-bond donors (Lipinski definition) is 2. The number of carboxylic acids is 1. The van der Waals surface area contributed by atoms with E-state index in [1.807, 2.05) is 0 Å². The summed E-state index contributed by atoms with van der Waals surface area (Å²) >= 11 is 5.83. The number of hydrogen-bond acceptors (Lipinski definition) is 7. The molecule has 0 unspecified atom stereocenters. The molecule has 28 heavy (non-hydrogen) atoms. The van der Waals surface area contributed by atoms with Gasteiger partial charge in [0.25, 0.3) is 0 Å². The molecule has 2 aromatic heterocycles. The Morgan fingerprint density at radius 2 is 2.14 bits per heavy atom. The van der Waals surface area contributed by atoms with Gasteiger partial charge >= 0.3 is 5.97 Å². The Morgan fingerprint density at radius 1 is 1.36 bits per heavy atom. The van der Waals surface area contributed by atoms with Crippen molar-refractivity contribution in [1.29, 1.82) is 0 Å². The summed E-state index contributed by atoms with van der Waals surface area (Å²) in [6.07, 6.45) is 1.42. The van der Waals surface area contributed by atoms with Crippen LogP contribution in [0.5, 0.6) is 5.75 Å². The minimum Gasteiger partial charge on any atom is -0.494 e. The first-order valence-electron chi connectivity index (χ1n) is 7.69. The van der Waals surface area contributed by atoms with Gasteiger partial charge in [0.1, 0.15) is 13.0 Å². The average molecular weight is 458 g/mol. The number of carbonyl (C=O) groups is 1. The minimum absolute atomic E-state index is 0. The molecule has 0 fully saturated rings. The van der Waals surface area contributed by atoms with Crippen molar-refractivity contribution in [2.75, 3.05) is 19.1 Å². The van der Waals surface area contributed by atoms with Crippen molar-refractivity contribution >= 4 is 28.9 Å². The number of halogens is 2. The molecule has 0 amide bonds. The fourth-order valence-electron chi connectivity index (χ4n) is 2.41. The molecule has 2 heterocycles.